The van der Waals surface area contributed by atoms with Crippen LogP contribution in [0.5, 0.6) is 0 Å². The standard InChI is InChI=1S/C21H28N6O4/c1-6-14-10-26(15(12-28)11-27(14)20(30)31-21(2,3)4)18-17-16(25(5)19(29)24-18)8-7-13(9-22)23-17/h7-8,14-15,28H,6,10-12H2,1-5H3. The minimum absolute atomic E-state index is 0.203. The molecule has 31 heavy (non-hydrogen) atoms. The summed E-state index contributed by atoms with van der Waals surface area (Å²) in [6.07, 6.45) is 0.206. The maximum atomic E-state index is 12.8. The number of anilines is 1. The van der Waals surface area contributed by atoms with Gasteiger partial charge in [0, 0.05) is 20.1 Å². The zero-order valence-electron chi connectivity index (χ0n) is 18.5. The van der Waals surface area contributed by atoms with Gasteiger partial charge in [0.05, 0.1) is 24.2 Å². The van der Waals surface area contributed by atoms with Gasteiger partial charge in [0.25, 0.3) is 0 Å². The van der Waals surface area contributed by atoms with Crippen molar-refractivity contribution < 1.29 is 14.6 Å². The number of rotatable bonds is 3. The average molecular weight is 428 g/mol. The van der Waals surface area contributed by atoms with E-state index in [1.807, 2.05) is 17.9 Å². The molecule has 2 aromatic rings. The Bertz CT molecular complexity index is 1080. The van der Waals surface area contributed by atoms with Gasteiger partial charge >= 0.3 is 11.8 Å². The predicted octanol–water partition coefficient (Wildman–Crippen LogP) is 1.40. The summed E-state index contributed by atoms with van der Waals surface area (Å²) >= 11 is 0. The van der Waals surface area contributed by atoms with E-state index < -0.39 is 23.4 Å². The summed E-state index contributed by atoms with van der Waals surface area (Å²) in [5.41, 5.74) is 0.0402. The molecule has 0 aliphatic carbocycles. The second kappa shape index (κ2) is 8.51. The summed E-state index contributed by atoms with van der Waals surface area (Å²) in [4.78, 5) is 37.3. The largest absolute Gasteiger partial charge is 0.444 e. The van der Waals surface area contributed by atoms with Gasteiger partial charge in [-0.1, -0.05) is 6.92 Å². The van der Waals surface area contributed by atoms with E-state index in [2.05, 4.69) is 9.97 Å². The number of pyridine rings is 1. The van der Waals surface area contributed by atoms with Crippen LogP contribution in [0.2, 0.25) is 0 Å². The molecule has 0 radical (unpaired) electrons. The molecule has 0 aromatic carbocycles. The third-order valence-corrected chi connectivity index (χ3v) is 5.33. The van der Waals surface area contributed by atoms with E-state index in [9.17, 15) is 20.0 Å². The van der Waals surface area contributed by atoms with Gasteiger partial charge in [-0.3, -0.25) is 4.57 Å². The van der Waals surface area contributed by atoms with Crippen LogP contribution in [0.3, 0.4) is 0 Å². The summed E-state index contributed by atoms with van der Waals surface area (Å²) in [5.74, 6) is 0.302. The molecular weight excluding hydrogens is 400 g/mol. The van der Waals surface area contributed by atoms with Crippen molar-refractivity contribution in [1.29, 1.82) is 5.26 Å². The molecule has 2 aromatic heterocycles. The van der Waals surface area contributed by atoms with Crippen LogP contribution in [0.4, 0.5) is 10.6 Å². The molecule has 0 bridgehead atoms. The second-order valence-corrected chi connectivity index (χ2v) is 8.64. The molecule has 1 aliphatic heterocycles. The molecule has 1 fully saturated rings. The summed E-state index contributed by atoms with van der Waals surface area (Å²) in [7, 11) is 1.59. The molecule has 1 saturated heterocycles. The van der Waals surface area contributed by atoms with Crippen molar-refractivity contribution in [2.75, 3.05) is 24.6 Å². The molecule has 0 spiro atoms. The van der Waals surface area contributed by atoms with Gasteiger partial charge in [-0.2, -0.15) is 10.2 Å². The van der Waals surface area contributed by atoms with Crippen LogP contribution in [0.25, 0.3) is 11.0 Å². The van der Waals surface area contributed by atoms with Crippen LogP contribution in [0.15, 0.2) is 16.9 Å². The Labute approximate surface area is 180 Å². The summed E-state index contributed by atoms with van der Waals surface area (Å²) in [6.45, 7) is 7.67. The summed E-state index contributed by atoms with van der Waals surface area (Å²) in [6, 6.07) is 4.50. The number of aliphatic hydroxyl groups is 1. The van der Waals surface area contributed by atoms with Gasteiger partial charge in [0.1, 0.15) is 22.9 Å². The Morgan fingerprint density at radius 3 is 2.58 bits per heavy atom. The summed E-state index contributed by atoms with van der Waals surface area (Å²) in [5, 5.41) is 19.4. The fourth-order valence-electron chi connectivity index (χ4n) is 3.73. The molecule has 3 heterocycles. The highest BCUT2D eigenvalue weighted by atomic mass is 16.6. The number of carbonyl (C=O) groups excluding carboxylic acids is 1. The van der Waals surface area contributed by atoms with E-state index >= 15 is 0 Å². The maximum absolute atomic E-state index is 12.8. The molecule has 10 nitrogen and oxygen atoms in total. The number of hydrogen-bond acceptors (Lipinski definition) is 8. The Morgan fingerprint density at radius 2 is 2.00 bits per heavy atom. The predicted molar refractivity (Wildman–Crippen MR) is 115 cm³/mol. The van der Waals surface area contributed by atoms with Gasteiger partial charge in [-0.25, -0.2) is 14.6 Å². The monoisotopic (exact) mass is 428 g/mol. The third-order valence-electron chi connectivity index (χ3n) is 5.33. The van der Waals surface area contributed by atoms with Crippen molar-refractivity contribution in [1.82, 2.24) is 19.4 Å². The molecule has 3 rings (SSSR count). The van der Waals surface area contributed by atoms with Crippen LogP contribution in [0, 0.1) is 11.3 Å². The van der Waals surface area contributed by atoms with E-state index in [0.717, 1.165) is 0 Å². The molecular formula is C21H28N6O4. The lowest BCUT2D eigenvalue weighted by atomic mass is 10.0. The Kier molecular flexibility index (Phi) is 6.18. The minimum Gasteiger partial charge on any atom is -0.444 e. The van der Waals surface area contributed by atoms with E-state index in [1.165, 1.54) is 4.57 Å². The Hall–Kier alpha value is -3.19. The molecule has 1 aliphatic rings. The topological polar surface area (TPSA) is 125 Å². The number of carbonyl (C=O) groups is 1. The molecule has 10 heteroatoms. The molecule has 1 amide bonds. The highest BCUT2D eigenvalue weighted by Crippen LogP contribution is 2.28. The van der Waals surface area contributed by atoms with E-state index in [4.69, 9.17) is 4.74 Å². The molecule has 0 saturated carbocycles. The number of piperazine rings is 1. The van der Waals surface area contributed by atoms with Crippen molar-refractivity contribution in [3.63, 3.8) is 0 Å². The first kappa shape index (κ1) is 22.5. The van der Waals surface area contributed by atoms with Crippen molar-refractivity contribution in [2.24, 2.45) is 7.05 Å². The smallest absolute Gasteiger partial charge is 0.410 e. The number of aromatic nitrogens is 3. The average Bonchev–Trinajstić information content (AvgIpc) is 2.73. The number of nitrogens with zero attached hydrogens (tertiary/aromatic N) is 6. The van der Waals surface area contributed by atoms with Crippen LogP contribution in [0.1, 0.15) is 39.8 Å². The van der Waals surface area contributed by atoms with E-state index in [1.54, 1.807) is 44.9 Å². The van der Waals surface area contributed by atoms with Gasteiger partial charge in [0.2, 0.25) is 0 Å². The lowest BCUT2D eigenvalue weighted by Crippen LogP contribution is -2.62. The molecule has 2 atom stereocenters. The highest BCUT2D eigenvalue weighted by molar-refractivity contribution is 5.86. The zero-order valence-corrected chi connectivity index (χ0v) is 18.5. The number of amides is 1. The first-order valence-electron chi connectivity index (χ1n) is 10.2. The Balaban J connectivity index is 2.06. The molecule has 1 N–H and O–H groups in total. The van der Waals surface area contributed by atoms with Gasteiger partial charge in [0.15, 0.2) is 5.82 Å². The Morgan fingerprint density at radius 1 is 1.29 bits per heavy atom. The number of aliphatic hydroxyl groups excluding tert-OH is 1. The van der Waals surface area contributed by atoms with Crippen LogP contribution < -0.4 is 10.6 Å². The normalized spacial score (nSPS) is 19.4. The fraction of sp³-hybridized carbons (Fsp3) is 0.571. The molecule has 166 valence electrons. The SMILES string of the molecule is CCC1CN(c2nc(=O)n(C)c3ccc(C#N)nc23)C(CO)CN1C(=O)OC(C)(C)C. The van der Waals surface area contributed by atoms with Gasteiger partial charge in [-0.15, -0.1) is 0 Å². The maximum Gasteiger partial charge on any atom is 0.410 e. The fourth-order valence-corrected chi connectivity index (χ4v) is 3.73. The van der Waals surface area contributed by atoms with Crippen LogP contribution in [-0.4, -0.2) is 68.0 Å². The van der Waals surface area contributed by atoms with Crippen molar-refractivity contribution in [2.45, 2.75) is 51.8 Å². The van der Waals surface area contributed by atoms with E-state index in [-0.39, 0.29) is 24.9 Å². The lowest BCUT2D eigenvalue weighted by molar-refractivity contribution is 0.00773. The first-order valence-corrected chi connectivity index (χ1v) is 10.2. The zero-order chi connectivity index (χ0) is 22.9. The number of fused-ring (bicyclic) bond motifs is 1. The number of ether oxygens (including phenoxy) is 1. The van der Waals surface area contributed by atoms with Crippen LogP contribution >= 0.6 is 0 Å². The number of nitriles is 1. The van der Waals surface area contributed by atoms with Gasteiger partial charge < -0.3 is 19.6 Å². The van der Waals surface area contributed by atoms with Gasteiger partial charge in [-0.05, 0) is 39.3 Å². The van der Waals surface area contributed by atoms with Crippen molar-refractivity contribution in [3.05, 3.63) is 28.3 Å². The number of hydrogen-bond donors (Lipinski definition) is 1. The second-order valence-electron chi connectivity index (χ2n) is 8.64. The first-order chi connectivity index (χ1) is 14.6. The van der Waals surface area contributed by atoms with Crippen molar-refractivity contribution in [3.8, 4) is 6.07 Å². The molecule has 2 unspecified atom stereocenters. The highest BCUT2D eigenvalue weighted by Gasteiger charge is 2.38. The lowest BCUT2D eigenvalue weighted by Gasteiger charge is -2.46. The third kappa shape index (κ3) is 4.46. The summed E-state index contributed by atoms with van der Waals surface area (Å²) < 4.78 is 6.92. The number of aryl methyl sites for hydroxylation is 1. The minimum atomic E-state index is -0.637. The van der Waals surface area contributed by atoms with Crippen molar-refractivity contribution >= 4 is 22.9 Å². The quantitative estimate of drug-likeness (QED) is 0.778. The van der Waals surface area contributed by atoms with E-state index in [0.29, 0.717) is 29.8 Å². The van der Waals surface area contributed by atoms with Crippen LogP contribution in [-0.2, 0) is 11.8 Å².